The molecule has 0 fully saturated rings. The zero-order valence-electron chi connectivity index (χ0n) is 7.53. The molecule has 1 aliphatic rings. The first-order chi connectivity index (χ1) is 6.75. The molecule has 1 aromatic rings. The molecule has 0 unspecified atom stereocenters. The first-order valence-electron chi connectivity index (χ1n) is 4.32. The van der Waals surface area contributed by atoms with E-state index in [9.17, 15) is 4.79 Å². The molecule has 0 aromatic carbocycles. The number of ketones is 1. The molecular weight excluding hydrogens is 200 g/mol. The van der Waals surface area contributed by atoms with Crippen molar-refractivity contribution < 1.29 is 9.53 Å². The molecule has 0 saturated heterocycles. The Labute approximate surface area is 85.4 Å². The maximum atomic E-state index is 11.6. The minimum absolute atomic E-state index is 0.0206. The van der Waals surface area contributed by atoms with Crippen LogP contribution in [-0.4, -0.2) is 17.4 Å². The highest BCUT2D eigenvalue weighted by molar-refractivity contribution is 7.13. The third kappa shape index (κ3) is 1.93. The van der Waals surface area contributed by atoms with Crippen LogP contribution in [-0.2, 0) is 16.0 Å². The highest BCUT2D eigenvalue weighted by Crippen LogP contribution is 2.16. The molecule has 2 heterocycles. The largest absolute Gasteiger partial charge is 0.490 e. The smallest absolute Gasteiger partial charge is 0.202 e. The van der Waals surface area contributed by atoms with Gasteiger partial charge >= 0.3 is 0 Å². The summed E-state index contributed by atoms with van der Waals surface area (Å²) in [7, 11) is 0. The van der Waals surface area contributed by atoms with Gasteiger partial charge in [0, 0.05) is 11.8 Å². The predicted octanol–water partition coefficient (Wildman–Crippen LogP) is 1.14. The number of carbonyl (C=O) groups is 1. The van der Waals surface area contributed by atoms with E-state index in [0.29, 0.717) is 23.2 Å². The van der Waals surface area contributed by atoms with Gasteiger partial charge < -0.3 is 10.5 Å². The summed E-state index contributed by atoms with van der Waals surface area (Å²) in [6, 6.07) is 0. The van der Waals surface area contributed by atoms with Crippen LogP contribution in [0.2, 0.25) is 0 Å². The summed E-state index contributed by atoms with van der Waals surface area (Å²) in [4.78, 5) is 15.6. The van der Waals surface area contributed by atoms with Crippen molar-refractivity contribution in [1.82, 2.24) is 4.98 Å². The molecule has 2 rings (SSSR count). The average molecular weight is 210 g/mol. The number of aromatic nitrogens is 1. The molecule has 2 N–H and O–H groups in total. The van der Waals surface area contributed by atoms with Crippen molar-refractivity contribution in [1.29, 1.82) is 0 Å². The highest BCUT2D eigenvalue weighted by Gasteiger charge is 2.16. The van der Waals surface area contributed by atoms with Crippen LogP contribution in [0.3, 0.4) is 0 Å². The van der Waals surface area contributed by atoms with E-state index in [1.54, 1.807) is 5.38 Å². The first kappa shape index (κ1) is 9.21. The Balaban J connectivity index is 2.01. The zero-order chi connectivity index (χ0) is 9.97. The molecule has 1 aliphatic heterocycles. The fraction of sp³-hybridized carbons (Fsp3) is 0.333. The Hall–Kier alpha value is -1.36. The number of anilines is 1. The lowest BCUT2D eigenvalue weighted by molar-refractivity contribution is -0.117. The number of nitrogens with two attached hydrogens (primary N) is 1. The van der Waals surface area contributed by atoms with Crippen molar-refractivity contribution in [2.24, 2.45) is 0 Å². The fourth-order valence-corrected chi connectivity index (χ4v) is 1.83. The van der Waals surface area contributed by atoms with Crippen molar-refractivity contribution in [2.45, 2.75) is 12.8 Å². The van der Waals surface area contributed by atoms with Crippen LogP contribution in [0.1, 0.15) is 12.1 Å². The van der Waals surface area contributed by atoms with Gasteiger partial charge in [0.05, 0.1) is 18.7 Å². The van der Waals surface area contributed by atoms with Crippen molar-refractivity contribution >= 4 is 22.3 Å². The summed E-state index contributed by atoms with van der Waals surface area (Å²) >= 11 is 1.34. The van der Waals surface area contributed by atoms with E-state index in [1.807, 2.05) is 6.08 Å². The van der Waals surface area contributed by atoms with E-state index in [0.717, 1.165) is 6.42 Å². The van der Waals surface area contributed by atoms with E-state index in [1.165, 1.54) is 11.3 Å². The fourth-order valence-electron chi connectivity index (χ4n) is 1.27. The van der Waals surface area contributed by atoms with Gasteiger partial charge in [-0.25, -0.2) is 4.98 Å². The van der Waals surface area contributed by atoms with Crippen LogP contribution < -0.4 is 5.73 Å². The Morgan fingerprint density at radius 3 is 3.14 bits per heavy atom. The van der Waals surface area contributed by atoms with Crippen LogP contribution in [0.4, 0.5) is 5.13 Å². The van der Waals surface area contributed by atoms with Crippen molar-refractivity contribution in [2.75, 3.05) is 12.3 Å². The number of carbonyl (C=O) groups excluding carboxylic acids is 1. The van der Waals surface area contributed by atoms with Crippen LogP contribution in [0, 0.1) is 0 Å². The lowest BCUT2D eigenvalue weighted by Crippen LogP contribution is -2.07. The van der Waals surface area contributed by atoms with Gasteiger partial charge in [0.2, 0.25) is 5.78 Å². The van der Waals surface area contributed by atoms with E-state index >= 15 is 0 Å². The molecule has 0 radical (unpaired) electrons. The highest BCUT2D eigenvalue weighted by atomic mass is 32.1. The first-order valence-corrected chi connectivity index (χ1v) is 5.19. The number of ether oxygens (including phenoxy) is 1. The number of rotatable bonds is 3. The van der Waals surface area contributed by atoms with Crippen LogP contribution in [0.5, 0.6) is 0 Å². The maximum Gasteiger partial charge on any atom is 0.202 e. The van der Waals surface area contributed by atoms with E-state index < -0.39 is 0 Å². The van der Waals surface area contributed by atoms with Gasteiger partial charge in [0.25, 0.3) is 0 Å². The Bertz CT molecular complexity index is 384. The maximum absolute atomic E-state index is 11.6. The molecule has 0 bridgehead atoms. The molecule has 0 atom stereocenters. The van der Waals surface area contributed by atoms with Gasteiger partial charge in [-0.1, -0.05) is 0 Å². The van der Waals surface area contributed by atoms with Gasteiger partial charge in [-0.3, -0.25) is 4.79 Å². The Morgan fingerprint density at radius 1 is 1.71 bits per heavy atom. The van der Waals surface area contributed by atoms with Crippen molar-refractivity contribution in [3.8, 4) is 0 Å². The minimum atomic E-state index is -0.0206. The number of hydrogen-bond acceptors (Lipinski definition) is 5. The number of thiazole rings is 1. The quantitative estimate of drug-likeness (QED) is 0.812. The molecule has 14 heavy (non-hydrogen) atoms. The number of nitrogen functional groups attached to an aromatic ring is 1. The summed E-state index contributed by atoms with van der Waals surface area (Å²) in [5.41, 5.74) is 6.17. The second-order valence-electron chi connectivity index (χ2n) is 2.98. The van der Waals surface area contributed by atoms with Gasteiger partial charge in [0.15, 0.2) is 10.9 Å². The summed E-state index contributed by atoms with van der Waals surface area (Å²) in [6.45, 7) is 0.611. The normalized spacial score (nSPS) is 15.0. The number of Topliss-reactive ketones (excluding diaryl/α,β-unsaturated/α-hetero) is 1. The zero-order valence-corrected chi connectivity index (χ0v) is 8.34. The van der Waals surface area contributed by atoms with Gasteiger partial charge in [0.1, 0.15) is 0 Å². The molecule has 1 aromatic heterocycles. The van der Waals surface area contributed by atoms with Crippen LogP contribution >= 0.6 is 11.3 Å². The molecule has 0 spiro atoms. The Morgan fingerprint density at radius 2 is 2.57 bits per heavy atom. The number of nitrogens with zero attached hydrogens (tertiary/aromatic N) is 1. The second kappa shape index (κ2) is 3.79. The van der Waals surface area contributed by atoms with E-state index in [4.69, 9.17) is 10.5 Å². The number of allylic oxidation sites excluding steroid dienone is 1. The third-order valence-corrected chi connectivity index (χ3v) is 2.61. The molecule has 0 saturated carbocycles. The average Bonchev–Trinajstić information content (AvgIpc) is 2.75. The SMILES string of the molecule is Nc1nc(CC(=O)C2=CCCO2)cs1. The van der Waals surface area contributed by atoms with Crippen LogP contribution in [0.15, 0.2) is 17.2 Å². The van der Waals surface area contributed by atoms with Gasteiger partial charge in [-0.15, -0.1) is 11.3 Å². The molecule has 4 nitrogen and oxygen atoms in total. The summed E-state index contributed by atoms with van der Waals surface area (Å²) in [5.74, 6) is 0.448. The minimum Gasteiger partial charge on any atom is -0.490 e. The summed E-state index contributed by atoms with van der Waals surface area (Å²) in [6.07, 6.45) is 2.91. The topological polar surface area (TPSA) is 65.2 Å². The lowest BCUT2D eigenvalue weighted by atomic mass is 10.2. The number of hydrogen-bond donors (Lipinski definition) is 1. The van der Waals surface area contributed by atoms with Gasteiger partial charge in [-0.2, -0.15) is 0 Å². The van der Waals surface area contributed by atoms with E-state index in [2.05, 4.69) is 4.98 Å². The van der Waals surface area contributed by atoms with Crippen LogP contribution in [0.25, 0.3) is 0 Å². The molecule has 0 aliphatic carbocycles. The molecule has 5 heteroatoms. The molecule has 0 amide bonds. The molecular formula is C9H10N2O2S. The van der Waals surface area contributed by atoms with E-state index in [-0.39, 0.29) is 12.2 Å². The lowest BCUT2D eigenvalue weighted by Gasteiger charge is -1.99. The Kier molecular flexibility index (Phi) is 2.49. The summed E-state index contributed by atoms with van der Waals surface area (Å²) in [5, 5.41) is 2.29. The summed E-state index contributed by atoms with van der Waals surface area (Å²) < 4.78 is 5.15. The second-order valence-corrected chi connectivity index (χ2v) is 3.87. The van der Waals surface area contributed by atoms with Gasteiger partial charge in [-0.05, 0) is 6.08 Å². The molecule has 74 valence electrons. The predicted molar refractivity (Wildman–Crippen MR) is 53.9 cm³/mol. The standard InChI is InChI=1S/C9H10N2O2S/c10-9-11-6(5-14-9)4-7(12)8-2-1-3-13-8/h2,5H,1,3-4H2,(H2,10,11). The third-order valence-electron chi connectivity index (χ3n) is 1.89. The van der Waals surface area contributed by atoms with Crippen molar-refractivity contribution in [3.05, 3.63) is 22.9 Å². The monoisotopic (exact) mass is 210 g/mol. The van der Waals surface area contributed by atoms with Crippen molar-refractivity contribution in [3.63, 3.8) is 0 Å².